The number of nitrogens with zero attached hydrogens (tertiary/aromatic N) is 1. The van der Waals surface area contributed by atoms with E-state index in [2.05, 4.69) is 4.57 Å². The third-order valence-electron chi connectivity index (χ3n) is 4.53. The van der Waals surface area contributed by atoms with E-state index in [0.29, 0.717) is 11.6 Å². The van der Waals surface area contributed by atoms with Gasteiger partial charge in [-0.05, 0) is 51.0 Å². The normalized spacial score (nSPS) is 14.3. The van der Waals surface area contributed by atoms with Gasteiger partial charge in [0.05, 0.1) is 10.5 Å². The SMILES string of the molecule is Cc1cc(C(=O)COC(=O)c2cccc(S(C)(=O)=O)c2)c(C)n1C1CC1. The summed E-state index contributed by atoms with van der Waals surface area (Å²) < 4.78 is 30.4. The number of sulfone groups is 1. The zero-order valence-corrected chi connectivity index (χ0v) is 15.8. The number of Topliss-reactive ketones (excluding diaryl/α,β-unsaturated/α-hetero) is 1. The molecule has 2 aromatic rings. The first-order valence-corrected chi connectivity index (χ1v) is 10.3. The van der Waals surface area contributed by atoms with Gasteiger partial charge in [0, 0.05) is 29.2 Å². The van der Waals surface area contributed by atoms with E-state index in [9.17, 15) is 18.0 Å². The van der Waals surface area contributed by atoms with Gasteiger partial charge in [0.2, 0.25) is 5.78 Å². The standard InChI is InChI=1S/C19H21NO5S/c1-12-9-17(13(2)20(12)15-7-8-15)18(21)11-25-19(22)14-5-4-6-16(10-14)26(3,23)24/h4-6,9-10,15H,7-8,11H2,1-3H3. The molecule has 1 aromatic heterocycles. The van der Waals surface area contributed by atoms with Crippen molar-refractivity contribution >= 4 is 21.6 Å². The summed E-state index contributed by atoms with van der Waals surface area (Å²) in [5.74, 6) is -0.988. The summed E-state index contributed by atoms with van der Waals surface area (Å²) in [7, 11) is -3.42. The lowest BCUT2D eigenvalue weighted by molar-refractivity contribution is 0.0474. The topological polar surface area (TPSA) is 82.4 Å². The maximum Gasteiger partial charge on any atom is 0.338 e. The predicted molar refractivity (Wildman–Crippen MR) is 96.3 cm³/mol. The van der Waals surface area contributed by atoms with E-state index >= 15 is 0 Å². The van der Waals surface area contributed by atoms with Crippen LogP contribution in [0.4, 0.5) is 0 Å². The zero-order valence-electron chi connectivity index (χ0n) is 15.0. The Morgan fingerprint density at radius 3 is 2.50 bits per heavy atom. The van der Waals surface area contributed by atoms with Crippen molar-refractivity contribution in [2.24, 2.45) is 0 Å². The highest BCUT2D eigenvalue weighted by molar-refractivity contribution is 7.90. The lowest BCUT2D eigenvalue weighted by atomic mass is 10.1. The summed E-state index contributed by atoms with van der Waals surface area (Å²) in [5.41, 5.74) is 2.59. The number of esters is 1. The molecule has 1 aromatic carbocycles. The van der Waals surface area contributed by atoms with Crippen LogP contribution in [0.1, 0.15) is 51.0 Å². The molecule has 0 radical (unpaired) electrons. The van der Waals surface area contributed by atoms with Gasteiger partial charge in [-0.2, -0.15) is 0 Å². The molecule has 3 rings (SSSR count). The van der Waals surface area contributed by atoms with Crippen molar-refractivity contribution in [3.05, 3.63) is 52.8 Å². The molecule has 26 heavy (non-hydrogen) atoms. The maximum atomic E-state index is 12.4. The molecule has 0 atom stereocenters. The first kappa shape index (κ1) is 18.4. The second-order valence-electron chi connectivity index (χ2n) is 6.69. The molecule has 0 saturated heterocycles. The van der Waals surface area contributed by atoms with Crippen LogP contribution in [0.25, 0.3) is 0 Å². The second kappa shape index (κ2) is 6.72. The number of ether oxygens (including phenoxy) is 1. The van der Waals surface area contributed by atoms with Crippen LogP contribution in [0, 0.1) is 13.8 Å². The van der Waals surface area contributed by atoms with Crippen molar-refractivity contribution in [3.63, 3.8) is 0 Å². The number of carbonyl (C=O) groups excluding carboxylic acids is 2. The van der Waals surface area contributed by atoms with Gasteiger partial charge in [0.1, 0.15) is 0 Å². The lowest BCUT2D eigenvalue weighted by Crippen LogP contribution is -2.15. The minimum Gasteiger partial charge on any atom is -0.454 e. The van der Waals surface area contributed by atoms with Gasteiger partial charge in [0.15, 0.2) is 16.4 Å². The molecule has 0 spiro atoms. The van der Waals surface area contributed by atoms with Gasteiger partial charge >= 0.3 is 5.97 Å². The highest BCUT2D eigenvalue weighted by atomic mass is 32.2. The third kappa shape index (κ3) is 3.72. The van der Waals surface area contributed by atoms with E-state index in [4.69, 9.17) is 4.74 Å². The molecule has 0 N–H and O–H groups in total. The molecule has 1 saturated carbocycles. The van der Waals surface area contributed by atoms with Gasteiger partial charge in [-0.1, -0.05) is 6.07 Å². The van der Waals surface area contributed by atoms with E-state index < -0.39 is 15.8 Å². The number of hydrogen-bond donors (Lipinski definition) is 0. The Labute approximate surface area is 152 Å². The van der Waals surface area contributed by atoms with Gasteiger partial charge in [-0.3, -0.25) is 4.79 Å². The average Bonchev–Trinajstić information content (AvgIpc) is 3.37. The molecule has 1 heterocycles. The van der Waals surface area contributed by atoms with Crippen molar-refractivity contribution in [3.8, 4) is 0 Å². The Kier molecular flexibility index (Phi) is 4.75. The first-order valence-electron chi connectivity index (χ1n) is 8.37. The molecule has 0 aliphatic heterocycles. The minimum atomic E-state index is -3.42. The number of benzene rings is 1. The number of carbonyl (C=O) groups is 2. The van der Waals surface area contributed by atoms with Crippen molar-refractivity contribution in [2.45, 2.75) is 37.6 Å². The lowest BCUT2D eigenvalue weighted by Gasteiger charge is -2.08. The molecule has 7 heteroatoms. The largest absolute Gasteiger partial charge is 0.454 e. The number of ketones is 1. The molecular weight excluding hydrogens is 354 g/mol. The number of aromatic nitrogens is 1. The zero-order chi connectivity index (χ0) is 19.1. The molecular formula is C19H21NO5S. The van der Waals surface area contributed by atoms with E-state index in [1.165, 1.54) is 24.3 Å². The van der Waals surface area contributed by atoms with Gasteiger partial charge < -0.3 is 9.30 Å². The fourth-order valence-electron chi connectivity index (χ4n) is 3.10. The summed E-state index contributed by atoms with van der Waals surface area (Å²) in [6.07, 6.45) is 3.31. The monoisotopic (exact) mass is 375 g/mol. The van der Waals surface area contributed by atoms with Crippen LogP contribution in [0.15, 0.2) is 35.2 Å². The quantitative estimate of drug-likeness (QED) is 0.573. The fourth-order valence-corrected chi connectivity index (χ4v) is 3.77. The fraction of sp³-hybridized carbons (Fsp3) is 0.368. The summed E-state index contributed by atoms with van der Waals surface area (Å²) in [4.78, 5) is 24.6. The number of aryl methyl sites for hydroxylation is 1. The molecule has 6 nitrogen and oxygen atoms in total. The predicted octanol–water partition coefficient (Wildman–Crippen LogP) is 2.88. The van der Waals surface area contributed by atoms with Crippen LogP contribution in [0.3, 0.4) is 0 Å². The first-order chi connectivity index (χ1) is 12.2. The summed E-state index contributed by atoms with van der Waals surface area (Å²) in [5, 5.41) is 0. The second-order valence-corrected chi connectivity index (χ2v) is 8.70. The smallest absolute Gasteiger partial charge is 0.338 e. The van der Waals surface area contributed by atoms with Crippen molar-refractivity contribution < 1.29 is 22.7 Å². The van der Waals surface area contributed by atoms with Crippen molar-refractivity contribution in [1.82, 2.24) is 4.57 Å². The highest BCUT2D eigenvalue weighted by Crippen LogP contribution is 2.38. The molecule has 138 valence electrons. The summed E-state index contributed by atoms with van der Waals surface area (Å²) >= 11 is 0. The van der Waals surface area contributed by atoms with E-state index in [-0.39, 0.29) is 22.8 Å². The van der Waals surface area contributed by atoms with Crippen LogP contribution in [0.5, 0.6) is 0 Å². The maximum absolute atomic E-state index is 12.4. The number of rotatable bonds is 6. The van der Waals surface area contributed by atoms with E-state index in [1.807, 2.05) is 19.9 Å². The summed E-state index contributed by atoms with van der Waals surface area (Å²) in [6.45, 7) is 3.48. The van der Waals surface area contributed by atoms with Crippen LogP contribution < -0.4 is 0 Å². The van der Waals surface area contributed by atoms with Gasteiger partial charge in [-0.25, -0.2) is 13.2 Å². The van der Waals surface area contributed by atoms with Crippen LogP contribution >= 0.6 is 0 Å². The third-order valence-corrected chi connectivity index (χ3v) is 5.64. The van der Waals surface area contributed by atoms with Crippen LogP contribution in [0.2, 0.25) is 0 Å². The molecule has 1 fully saturated rings. The molecule has 0 amide bonds. The minimum absolute atomic E-state index is 0.0336. The average molecular weight is 375 g/mol. The number of hydrogen-bond acceptors (Lipinski definition) is 5. The Bertz CT molecular complexity index is 983. The molecule has 0 bridgehead atoms. The van der Waals surface area contributed by atoms with Crippen LogP contribution in [-0.4, -0.2) is 37.6 Å². The Hall–Kier alpha value is -2.41. The molecule has 0 unspecified atom stereocenters. The van der Waals surface area contributed by atoms with Crippen LogP contribution in [-0.2, 0) is 14.6 Å². The van der Waals surface area contributed by atoms with Crippen molar-refractivity contribution in [1.29, 1.82) is 0 Å². The van der Waals surface area contributed by atoms with Gasteiger partial charge in [-0.15, -0.1) is 0 Å². The Morgan fingerprint density at radius 2 is 1.88 bits per heavy atom. The molecule has 1 aliphatic carbocycles. The van der Waals surface area contributed by atoms with E-state index in [1.54, 1.807) is 0 Å². The Balaban J connectivity index is 1.70. The van der Waals surface area contributed by atoms with E-state index in [0.717, 1.165) is 30.5 Å². The van der Waals surface area contributed by atoms with Crippen molar-refractivity contribution in [2.75, 3.05) is 12.9 Å². The van der Waals surface area contributed by atoms with Gasteiger partial charge in [0.25, 0.3) is 0 Å². The Morgan fingerprint density at radius 1 is 1.19 bits per heavy atom. The summed E-state index contributed by atoms with van der Waals surface area (Å²) in [6, 6.07) is 7.88. The highest BCUT2D eigenvalue weighted by Gasteiger charge is 2.28. The molecule has 1 aliphatic rings.